The lowest BCUT2D eigenvalue weighted by molar-refractivity contribution is -0.123. The Balaban J connectivity index is 2.26. The lowest BCUT2D eigenvalue weighted by atomic mass is 9.89. The predicted molar refractivity (Wildman–Crippen MR) is 82.8 cm³/mol. The van der Waals surface area contributed by atoms with Gasteiger partial charge in [0, 0.05) is 26.3 Å². The Morgan fingerprint density at radius 1 is 1.30 bits per heavy atom. The summed E-state index contributed by atoms with van der Waals surface area (Å²) in [5.41, 5.74) is 0.148. The van der Waals surface area contributed by atoms with Crippen molar-refractivity contribution < 1.29 is 9.53 Å². The molecule has 1 atom stereocenters. The third kappa shape index (κ3) is 6.71. The van der Waals surface area contributed by atoms with E-state index >= 15 is 0 Å². The number of hydrogen-bond acceptors (Lipinski definition) is 3. The van der Waals surface area contributed by atoms with Gasteiger partial charge in [-0.05, 0) is 31.6 Å². The second-order valence-corrected chi connectivity index (χ2v) is 6.85. The molecular formula is C16H32N2O2. The molecule has 0 aromatic rings. The maximum absolute atomic E-state index is 12.1. The lowest BCUT2D eigenvalue weighted by Crippen LogP contribution is -2.48. The molecule has 20 heavy (non-hydrogen) atoms. The Morgan fingerprint density at radius 2 is 1.95 bits per heavy atom. The van der Waals surface area contributed by atoms with Crippen molar-refractivity contribution in [3.63, 3.8) is 0 Å². The fourth-order valence-electron chi connectivity index (χ4n) is 2.56. The number of rotatable bonds is 8. The van der Waals surface area contributed by atoms with E-state index in [1.54, 1.807) is 7.11 Å². The average molecular weight is 284 g/mol. The molecule has 2 N–H and O–H groups in total. The van der Waals surface area contributed by atoms with Crippen molar-refractivity contribution in [3.05, 3.63) is 0 Å². The van der Waals surface area contributed by atoms with Crippen molar-refractivity contribution in [2.45, 2.75) is 71.4 Å². The Hall–Kier alpha value is -0.610. The molecule has 0 aliphatic heterocycles. The van der Waals surface area contributed by atoms with Gasteiger partial charge in [0.15, 0.2) is 0 Å². The minimum Gasteiger partial charge on any atom is -0.385 e. The predicted octanol–water partition coefficient (Wildman–Crippen LogP) is 2.48. The van der Waals surface area contributed by atoms with Crippen molar-refractivity contribution >= 4 is 5.91 Å². The van der Waals surface area contributed by atoms with Crippen molar-refractivity contribution in [3.8, 4) is 0 Å². The molecule has 1 aliphatic carbocycles. The number of methoxy groups -OCH3 is 1. The first kappa shape index (κ1) is 17.4. The molecule has 118 valence electrons. The second kappa shape index (κ2) is 8.63. The SMILES string of the molecule is COCCC(C)(C)CNC(C)C(=O)NC1CCCCC1. The molecule has 0 spiro atoms. The second-order valence-electron chi connectivity index (χ2n) is 6.85. The van der Waals surface area contributed by atoms with Gasteiger partial charge in [0.2, 0.25) is 5.91 Å². The van der Waals surface area contributed by atoms with Gasteiger partial charge < -0.3 is 15.4 Å². The third-order valence-electron chi connectivity index (χ3n) is 4.21. The zero-order valence-corrected chi connectivity index (χ0v) is 13.6. The van der Waals surface area contributed by atoms with Gasteiger partial charge in [-0.2, -0.15) is 0 Å². The highest BCUT2D eigenvalue weighted by molar-refractivity contribution is 5.81. The van der Waals surface area contributed by atoms with E-state index in [0.717, 1.165) is 32.4 Å². The Kier molecular flexibility index (Phi) is 7.52. The van der Waals surface area contributed by atoms with E-state index in [-0.39, 0.29) is 17.4 Å². The van der Waals surface area contributed by atoms with Crippen molar-refractivity contribution in [2.75, 3.05) is 20.3 Å². The molecule has 4 heteroatoms. The Morgan fingerprint density at radius 3 is 2.55 bits per heavy atom. The topological polar surface area (TPSA) is 50.4 Å². The van der Waals surface area contributed by atoms with Crippen LogP contribution in [-0.2, 0) is 9.53 Å². The summed E-state index contributed by atoms with van der Waals surface area (Å²) in [6.45, 7) is 7.94. The van der Waals surface area contributed by atoms with E-state index in [9.17, 15) is 4.79 Å². The summed E-state index contributed by atoms with van der Waals surface area (Å²) in [4.78, 5) is 12.1. The summed E-state index contributed by atoms with van der Waals surface area (Å²) < 4.78 is 5.13. The first-order valence-corrected chi connectivity index (χ1v) is 7.97. The molecule has 0 aromatic heterocycles. The molecule has 1 unspecified atom stereocenters. The number of carbonyl (C=O) groups is 1. The molecule has 0 saturated heterocycles. The highest BCUT2D eigenvalue weighted by Crippen LogP contribution is 2.19. The molecule has 1 amide bonds. The van der Waals surface area contributed by atoms with Crippen LogP contribution in [0.15, 0.2) is 0 Å². The first-order valence-electron chi connectivity index (χ1n) is 7.97. The van der Waals surface area contributed by atoms with E-state index in [2.05, 4.69) is 24.5 Å². The minimum absolute atomic E-state index is 0.126. The highest BCUT2D eigenvalue weighted by atomic mass is 16.5. The summed E-state index contributed by atoms with van der Waals surface area (Å²) in [6.07, 6.45) is 7.07. The van der Waals surface area contributed by atoms with Crippen LogP contribution in [0.25, 0.3) is 0 Å². The van der Waals surface area contributed by atoms with Crippen LogP contribution in [0, 0.1) is 5.41 Å². The number of hydrogen-bond donors (Lipinski definition) is 2. The molecule has 1 rings (SSSR count). The van der Waals surface area contributed by atoms with Crippen LogP contribution in [0.5, 0.6) is 0 Å². The van der Waals surface area contributed by atoms with Crippen LogP contribution in [0.4, 0.5) is 0 Å². The third-order valence-corrected chi connectivity index (χ3v) is 4.21. The summed E-state index contributed by atoms with van der Waals surface area (Å²) in [5.74, 6) is 0.138. The van der Waals surface area contributed by atoms with Crippen molar-refractivity contribution in [2.24, 2.45) is 5.41 Å². The normalized spacial score (nSPS) is 18.8. The molecule has 0 heterocycles. The average Bonchev–Trinajstić information content (AvgIpc) is 2.44. The van der Waals surface area contributed by atoms with Crippen molar-refractivity contribution in [1.82, 2.24) is 10.6 Å². The van der Waals surface area contributed by atoms with Gasteiger partial charge >= 0.3 is 0 Å². The molecule has 1 fully saturated rings. The van der Waals surface area contributed by atoms with Gasteiger partial charge in [-0.15, -0.1) is 0 Å². The van der Waals surface area contributed by atoms with Gasteiger partial charge in [0.1, 0.15) is 0 Å². The van der Waals surface area contributed by atoms with Gasteiger partial charge in [-0.3, -0.25) is 4.79 Å². The Bertz CT molecular complexity index is 286. The minimum atomic E-state index is -0.126. The summed E-state index contributed by atoms with van der Waals surface area (Å²) in [7, 11) is 1.73. The number of amides is 1. The van der Waals surface area contributed by atoms with E-state index in [4.69, 9.17) is 4.74 Å². The smallest absolute Gasteiger partial charge is 0.237 e. The summed E-state index contributed by atoms with van der Waals surface area (Å²) in [5, 5.41) is 6.53. The first-order chi connectivity index (χ1) is 9.44. The molecule has 1 saturated carbocycles. The maximum atomic E-state index is 12.1. The summed E-state index contributed by atoms with van der Waals surface area (Å²) in [6, 6.07) is 0.265. The zero-order valence-electron chi connectivity index (χ0n) is 13.6. The fourth-order valence-corrected chi connectivity index (χ4v) is 2.56. The van der Waals surface area contributed by atoms with E-state index in [0.29, 0.717) is 6.04 Å². The quantitative estimate of drug-likeness (QED) is 0.720. The van der Waals surface area contributed by atoms with Crippen molar-refractivity contribution in [1.29, 1.82) is 0 Å². The van der Waals surface area contributed by atoms with Crippen LogP contribution >= 0.6 is 0 Å². The zero-order chi connectivity index (χ0) is 15.0. The lowest BCUT2D eigenvalue weighted by Gasteiger charge is -2.28. The number of carbonyl (C=O) groups excluding carboxylic acids is 1. The van der Waals surface area contributed by atoms with Crippen LogP contribution in [0.1, 0.15) is 59.3 Å². The van der Waals surface area contributed by atoms with Gasteiger partial charge in [-0.1, -0.05) is 33.1 Å². The number of ether oxygens (including phenoxy) is 1. The molecule has 0 aromatic carbocycles. The highest BCUT2D eigenvalue weighted by Gasteiger charge is 2.22. The summed E-state index contributed by atoms with van der Waals surface area (Å²) >= 11 is 0. The Labute approximate surface area is 124 Å². The monoisotopic (exact) mass is 284 g/mol. The van der Waals surface area contributed by atoms with Gasteiger partial charge in [0.05, 0.1) is 6.04 Å². The molecule has 1 aliphatic rings. The van der Waals surface area contributed by atoms with Crippen LogP contribution in [0.3, 0.4) is 0 Å². The van der Waals surface area contributed by atoms with E-state index in [1.165, 1.54) is 19.3 Å². The largest absolute Gasteiger partial charge is 0.385 e. The van der Waals surface area contributed by atoms with Gasteiger partial charge in [-0.25, -0.2) is 0 Å². The van der Waals surface area contributed by atoms with E-state index in [1.807, 2.05) is 6.92 Å². The van der Waals surface area contributed by atoms with Crippen LogP contribution < -0.4 is 10.6 Å². The van der Waals surface area contributed by atoms with Gasteiger partial charge in [0.25, 0.3) is 0 Å². The molecule has 0 radical (unpaired) electrons. The van der Waals surface area contributed by atoms with Crippen LogP contribution in [-0.4, -0.2) is 38.3 Å². The molecule has 0 bridgehead atoms. The molecule has 4 nitrogen and oxygen atoms in total. The van der Waals surface area contributed by atoms with Crippen LogP contribution in [0.2, 0.25) is 0 Å². The standard InChI is InChI=1S/C16H32N2O2/c1-13(17-12-16(2,3)10-11-20-4)15(19)18-14-8-6-5-7-9-14/h13-14,17H,5-12H2,1-4H3,(H,18,19). The fraction of sp³-hybridized carbons (Fsp3) is 0.938. The molecular weight excluding hydrogens is 252 g/mol. The van der Waals surface area contributed by atoms with E-state index < -0.39 is 0 Å². The number of nitrogens with one attached hydrogen (secondary N) is 2. The maximum Gasteiger partial charge on any atom is 0.237 e.